The molecule has 0 radical (unpaired) electrons. The summed E-state index contributed by atoms with van der Waals surface area (Å²) in [6.07, 6.45) is 1.86. The Kier molecular flexibility index (Phi) is 4.11. The number of amides is 1. The van der Waals surface area contributed by atoms with Crippen LogP contribution in [0, 0.1) is 0 Å². The number of nitrogen functional groups attached to an aromatic ring is 1. The molecule has 4 nitrogen and oxygen atoms in total. The molecule has 2 N–H and O–H groups in total. The van der Waals surface area contributed by atoms with Crippen molar-refractivity contribution in [1.29, 1.82) is 0 Å². The molecule has 4 heteroatoms. The van der Waals surface area contributed by atoms with Crippen LogP contribution in [0.2, 0.25) is 0 Å². The summed E-state index contributed by atoms with van der Waals surface area (Å²) < 4.78 is 5.14. The summed E-state index contributed by atoms with van der Waals surface area (Å²) in [5.74, 6) is 0.0181. The summed E-state index contributed by atoms with van der Waals surface area (Å²) in [4.78, 5) is 14.7. The van der Waals surface area contributed by atoms with Crippen LogP contribution in [0.25, 0.3) is 0 Å². The molecule has 22 heavy (non-hydrogen) atoms. The highest BCUT2D eigenvalue weighted by molar-refractivity contribution is 6.07. The quantitative estimate of drug-likeness (QED) is 0.886. The van der Waals surface area contributed by atoms with Crippen molar-refractivity contribution in [3.8, 4) is 0 Å². The third-order valence-corrected chi connectivity index (χ3v) is 4.02. The fourth-order valence-electron chi connectivity index (χ4n) is 2.98. The van der Waals surface area contributed by atoms with Crippen molar-refractivity contribution in [1.82, 2.24) is 0 Å². The van der Waals surface area contributed by atoms with Crippen molar-refractivity contribution in [2.75, 3.05) is 24.3 Å². The lowest BCUT2D eigenvalue weighted by molar-refractivity contribution is 0.0985. The molecule has 1 amide bonds. The fourth-order valence-corrected chi connectivity index (χ4v) is 2.98. The van der Waals surface area contributed by atoms with Crippen LogP contribution in [0.3, 0.4) is 0 Å². The Labute approximate surface area is 130 Å². The van der Waals surface area contributed by atoms with Gasteiger partial charge in [0.1, 0.15) is 0 Å². The first kappa shape index (κ1) is 14.6. The van der Waals surface area contributed by atoms with Crippen LogP contribution >= 0.6 is 0 Å². The maximum atomic E-state index is 12.9. The molecule has 0 aliphatic carbocycles. The first-order valence-electron chi connectivity index (χ1n) is 7.48. The van der Waals surface area contributed by atoms with Crippen molar-refractivity contribution < 1.29 is 9.53 Å². The Morgan fingerprint density at radius 3 is 2.91 bits per heavy atom. The molecular formula is C18H20N2O2. The number of fused-ring (bicyclic) bond motifs is 1. The number of benzene rings is 2. The maximum Gasteiger partial charge on any atom is 0.258 e. The van der Waals surface area contributed by atoms with E-state index in [0.29, 0.717) is 12.2 Å². The number of nitrogens with two attached hydrogens (primary N) is 1. The molecule has 0 spiro atoms. The topological polar surface area (TPSA) is 55.6 Å². The van der Waals surface area contributed by atoms with Crippen molar-refractivity contribution >= 4 is 17.3 Å². The maximum absolute atomic E-state index is 12.9. The van der Waals surface area contributed by atoms with E-state index < -0.39 is 0 Å². The van der Waals surface area contributed by atoms with Gasteiger partial charge < -0.3 is 15.4 Å². The van der Waals surface area contributed by atoms with Gasteiger partial charge in [-0.3, -0.25) is 4.79 Å². The summed E-state index contributed by atoms with van der Waals surface area (Å²) >= 11 is 0. The molecule has 114 valence electrons. The van der Waals surface area contributed by atoms with E-state index in [-0.39, 0.29) is 5.91 Å². The number of methoxy groups -OCH3 is 1. The second-order valence-electron chi connectivity index (χ2n) is 5.54. The van der Waals surface area contributed by atoms with Gasteiger partial charge in [-0.2, -0.15) is 0 Å². The third kappa shape index (κ3) is 2.70. The van der Waals surface area contributed by atoms with Gasteiger partial charge in [-0.25, -0.2) is 0 Å². The van der Waals surface area contributed by atoms with E-state index in [9.17, 15) is 4.79 Å². The molecule has 0 atom stereocenters. The van der Waals surface area contributed by atoms with Gasteiger partial charge in [0.25, 0.3) is 5.91 Å². The Morgan fingerprint density at radius 1 is 1.27 bits per heavy atom. The zero-order valence-corrected chi connectivity index (χ0v) is 12.7. The van der Waals surface area contributed by atoms with Gasteiger partial charge in [0.2, 0.25) is 0 Å². The van der Waals surface area contributed by atoms with Gasteiger partial charge >= 0.3 is 0 Å². The normalized spacial score (nSPS) is 13.8. The molecule has 0 saturated heterocycles. The second-order valence-corrected chi connectivity index (χ2v) is 5.54. The summed E-state index contributed by atoms with van der Waals surface area (Å²) in [5.41, 5.74) is 10.5. The molecule has 3 rings (SSSR count). The highest BCUT2D eigenvalue weighted by Gasteiger charge is 2.24. The molecule has 1 aliphatic heterocycles. The van der Waals surface area contributed by atoms with Gasteiger partial charge in [0.15, 0.2) is 0 Å². The number of carbonyl (C=O) groups excluding carboxylic acids is 1. The Bertz CT molecular complexity index is 697. The minimum absolute atomic E-state index is 0.0181. The van der Waals surface area contributed by atoms with Crippen LogP contribution in [0.4, 0.5) is 11.4 Å². The number of hydrogen-bond donors (Lipinski definition) is 1. The summed E-state index contributed by atoms with van der Waals surface area (Å²) in [5, 5.41) is 0. The van der Waals surface area contributed by atoms with Gasteiger partial charge in [0.05, 0.1) is 6.61 Å². The average molecular weight is 296 g/mol. The Hall–Kier alpha value is -2.33. The SMILES string of the molecule is COCc1cccc(C(=O)N2CCCc3c(N)cccc32)c1. The van der Waals surface area contributed by atoms with E-state index in [1.807, 2.05) is 47.4 Å². The lowest BCUT2D eigenvalue weighted by Crippen LogP contribution is -2.35. The minimum atomic E-state index is 0.0181. The minimum Gasteiger partial charge on any atom is -0.398 e. The van der Waals surface area contributed by atoms with E-state index in [4.69, 9.17) is 10.5 Å². The van der Waals surface area contributed by atoms with Crippen molar-refractivity contribution in [3.05, 3.63) is 59.2 Å². The lowest BCUT2D eigenvalue weighted by atomic mass is 9.99. The molecule has 1 aliphatic rings. The van der Waals surface area contributed by atoms with Crippen LogP contribution in [0.1, 0.15) is 27.9 Å². The van der Waals surface area contributed by atoms with E-state index in [0.717, 1.165) is 41.9 Å². The highest BCUT2D eigenvalue weighted by atomic mass is 16.5. The molecule has 0 bridgehead atoms. The largest absolute Gasteiger partial charge is 0.398 e. The summed E-state index contributed by atoms with van der Waals surface area (Å²) in [6.45, 7) is 1.23. The predicted molar refractivity (Wildman–Crippen MR) is 88.0 cm³/mol. The third-order valence-electron chi connectivity index (χ3n) is 4.02. The average Bonchev–Trinajstić information content (AvgIpc) is 2.55. The zero-order chi connectivity index (χ0) is 15.5. The number of nitrogens with zero attached hydrogens (tertiary/aromatic N) is 1. The van der Waals surface area contributed by atoms with Crippen molar-refractivity contribution in [2.24, 2.45) is 0 Å². The van der Waals surface area contributed by atoms with Gasteiger partial charge in [-0.1, -0.05) is 18.2 Å². The molecule has 0 unspecified atom stereocenters. The lowest BCUT2D eigenvalue weighted by Gasteiger charge is -2.30. The summed E-state index contributed by atoms with van der Waals surface area (Å²) in [6, 6.07) is 13.4. The molecule has 2 aromatic rings. The van der Waals surface area contributed by atoms with Crippen LogP contribution < -0.4 is 10.6 Å². The van der Waals surface area contributed by atoms with Gasteiger partial charge in [0, 0.05) is 30.6 Å². The number of hydrogen-bond acceptors (Lipinski definition) is 3. The van der Waals surface area contributed by atoms with E-state index in [1.54, 1.807) is 7.11 Å². The zero-order valence-electron chi connectivity index (χ0n) is 12.7. The molecular weight excluding hydrogens is 276 g/mol. The molecule has 1 heterocycles. The second kappa shape index (κ2) is 6.20. The summed E-state index contributed by atoms with van der Waals surface area (Å²) in [7, 11) is 1.65. The van der Waals surface area contributed by atoms with Crippen molar-refractivity contribution in [2.45, 2.75) is 19.4 Å². The van der Waals surface area contributed by atoms with Crippen LogP contribution in [0.5, 0.6) is 0 Å². The van der Waals surface area contributed by atoms with E-state index >= 15 is 0 Å². The van der Waals surface area contributed by atoms with Crippen LogP contribution in [-0.4, -0.2) is 19.6 Å². The number of carbonyl (C=O) groups is 1. The van der Waals surface area contributed by atoms with Crippen molar-refractivity contribution in [3.63, 3.8) is 0 Å². The number of rotatable bonds is 3. The van der Waals surface area contributed by atoms with Crippen LogP contribution in [0.15, 0.2) is 42.5 Å². The van der Waals surface area contributed by atoms with E-state index in [2.05, 4.69) is 0 Å². The first-order valence-corrected chi connectivity index (χ1v) is 7.48. The monoisotopic (exact) mass is 296 g/mol. The smallest absolute Gasteiger partial charge is 0.258 e. The highest BCUT2D eigenvalue weighted by Crippen LogP contribution is 2.32. The standard InChI is InChI=1S/C18H20N2O2/c1-22-12-13-5-2-6-14(11-13)18(21)20-10-4-7-15-16(19)8-3-9-17(15)20/h2-3,5-6,8-9,11H,4,7,10,12,19H2,1H3. The Balaban J connectivity index is 1.94. The Morgan fingerprint density at radius 2 is 2.09 bits per heavy atom. The molecule has 0 saturated carbocycles. The van der Waals surface area contributed by atoms with Crippen LogP contribution in [-0.2, 0) is 17.8 Å². The molecule has 0 aromatic heterocycles. The first-order chi connectivity index (χ1) is 10.7. The molecule has 2 aromatic carbocycles. The predicted octanol–water partition coefficient (Wildman–Crippen LogP) is 3.01. The molecule has 0 fully saturated rings. The number of ether oxygens (including phenoxy) is 1. The fraction of sp³-hybridized carbons (Fsp3) is 0.278. The number of anilines is 2. The van der Waals surface area contributed by atoms with Gasteiger partial charge in [-0.05, 0) is 48.2 Å². The van der Waals surface area contributed by atoms with E-state index in [1.165, 1.54) is 0 Å². The van der Waals surface area contributed by atoms with Gasteiger partial charge in [-0.15, -0.1) is 0 Å².